The van der Waals surface area contributed by atoms with E-state index in [1.807, 2.05) is 0 Å². The van der Waals surface area contributed by atoms with Crippen molar-refractivity contribution in [3.63, 3.8) is 0 Å². The molecule has 10 heteroatoms. The van der Waals surface area contributed by atoms with Gasteiger partial charge in [0.2, 0.25) is 0 Å². The molecule has 0 saturated carbocycles. The fraction of sp³-hybridized carbons (Fsp3) is 0.882. The zero-order valence-electron chi connectivity index (χ0n) is 28.0. The Morgan fingerprint density at radius 1 is 0.455 bits per heavy atom. The summed E-state index contributed by atoms with van der Waals surface area (Å²) in [7, 11) is 0. The minimum Gasteiger partial charge on any atom is -0.480 e. The number of carboxylic acids is 2. The van der Waals surface area contributed by atoms with Gasteiger partial charge >= 0.3 is 23.9 Å². The molecule has 0 aliphatic carbocycles. The highest BCUT2D eigenvalue weighted by molar-refractivity contribution is 5.70. The number of aliphatic carboxylic acids is 2. The van der Waals surface area contributed by atoms with Gasteiger partial charge in [0, 0.05) is 39.0 Å². The van der Waals surface area contributed by atoms with E-state index in [-0.39, 0.29) is 64.4 Å². The van der Waals surface area contributed by atoms with E-state index in [2.05, 4.69) is 13.8 Å². The topological polar surface area (TPSA) is 134 Å². The molecule has 0 unspecified atom stereocenters. The first-order valence-electron chi connectivity index (χ1n) is 17.5. The molecule has 0 spiro atoms. The van der Waals surface area contributed by atoms with Crippen molar-refractivity contribution >= 4 is 23.9 Å². The van der Waals surface area contributed by atoms with Gasteiger partial charge in [-0.05, 0) is 12.8 Å². The van der Waals surface area contributed by atoms with Gasteiger partial charge in [-0.1, -0.05) is 117 Å². The van der Waals surface area contributed by atoms with Crippen molar-refractivity contribution in [2.45, 2.75) is 142 Å². The fourth-order valence-electron chi connectivity index (χ4n) is 5.09. The van der Waals surface area contributed by atoms with Gasteiger partial charge in [0.05, 0.1) is 13.1 Å². The van der Waals surface area contributed by atoms with Crippen LogP contribution in [0, 0.1) is 0 Å². The van der Waals surface area contributed by atoms with Crippen LogP contribution < -0.4 is 0 Å². The van der Waals surface area contributed by atoms with Crippen molar-refractivity contribution in [3.8, 4) is 0 Å². The third kappa shape index (κ3) is 29.9. The van der Waals surface area contributed by atoms with Crippen molar-refractivity contribution in [1.29, 1.82) is 0 Å². The predicted molar refractivity (Wildman–Crippen MR) is 174 cm³/mol. The Bertz CT molecular complexity index is 674. The van der Waals surface area contributed by atoms with E-state index < -0.39 is 11.9 Å². The molecular weight excluding hydrogens is 564 g/mol. The molecule has 2 N–H and O–H groups in total. The molecule has 0 radical (unpaired) electrons. The Morgan fingerprint density at radius 2 is 0.750 bits per heavy atom. The molecule has 0 bridgehead atoms. The molecule has 0 atom stereocenters. The average molecular weight is 629 g/mol. The van der Waals surface area contributed by atoms with Crippen molar-refractivity contribution < 1.29 is 38.9 Å². The largest absolute Gasteiger partial charge is 0.480 e. The average Bonchev–Trinajstić information content (AvgIpc) is 2.97. The lowest BCUT2D eigenvalue weighted by Gasteiger charge is -2.25. The summed E-state index contributed by atoms with van der Waals surface area (Å²) in [5.41, 5.74) is 0. The summed E-state index contributed by atoms with van der Waals surface area (Å²) in [5.74, 6) is -2.58. The van der Waals surface area contributed by atoms with E-state index in [0.717, 1.165) is 38.5 Å². The second-order valence-electron chi connectivity index (χ2n) is 11.9. The van der Waals surface area contributed by atoms with Crippen LogP contribution in [0.3, 0.4) is 0 Å². The molecule has 0 aliphatic rings. The molecule has 44 heavy (non-hydrogen) atoms. The standard InChI is InChI=1S/C34H64N2O8/c1-3-5-7-9-11-13-15-17-19-21-33(41)43-27-25-35(29-31(37)38)23-24-36(30-32(39)40)26-28-44-34(42)22-20-18-16-14-12-10-8-6-4-2/h3-30H2,1-2H3,(H,37,38)(H,39,40). The molecule has 10 nitrogen and oxygen atoms in total. The number of hydrogen-bond donors (Lipinski definition) is 2. The monoisotopic (exact) mass is 628 g/mol. The zero-order valence-corrected chi connectivity index (χ0v) is 28.0. The summed E-state index contributed by atoms with van der Waals surface area (Å²) in [6, 6.07) is 0. The van der Waals surface area contributed by atoms with Crippen molar-refractivity contribution in [3.05, 3.63) is 0 Å². The lowest BCUT2D eigenvalue weighted by molar-refractivity contribution is -0.146. The van der Waals surface area contributed by atoms with Crippen LogP contribution in [0.25, 0.3) is 0 Å². The molecule has 0 aromatic heterocycles. The molecule has 0 amide bonds. The maximum Gasteiger partial charge on any atom is 0.317 e. The molecule has 0 fully saturated rings. The van der Waals surface area contributed by atoms with E-state index in [4.69, 9.17) is 9.47 Å². The van der Waals surface area contributed by atoms with Gasteiger partial charge in [-0.25, -0.2) is 0 Å². The van der Waals surface area contributed by atoms with Crippen LogP contribution in [-0.2, 0) is 28.7 Å². The van der Waals surface area contributed by atoms with Crippen LogP contribution in [0.5, 0.6) is 0 Å². The van der Waals surface area contributed by atoms with Gasteiger partial charge in [0.15, 0.2) is 0 Å². The molecule has 0 aliphatic heterocycles. The molecule has 0 rings (SSSR count). The van der Waals surface area contributed by atoms with Crippen LogP contribution >= 0.6 is 0 Å². The molecule has 0 aromatic rings. The second-order valence-corrected chi connectivity index (χ2v) is 11.9. The number of rotatable bonds is 33. The van der Waals surface area contributed by atoms with Crippen molar-refractivity contribution in [2.75, 3.05) is 52.5 Å². The van der Waals surface area contributed by atoms with E-state index in [0.29, 0.717) is 12.8 Å². The van der Waals surface area contributed by atoms with E-state index >= 15 is 0 Å². The van der Waals surface area contributed by atoms with Gasteiger partial charge in [-0.15, -0.1) is 0 Å². The maximum absolute atomic E-state index is 12.1. The molecule has 0 heterocycles. The number of esters is 2. The fourth-order valence-corrected chi connectivity index (χ4v) is 5.09. The predicted octanol–water partition coefficient (Wildman–Crippen LogP) is 6.69. The number of hydrogen-bond acceptors (Lipinski definition) is 8. The first kappa shape index (κ1) is 41.8. The molecular formula is C34H64N2O8. The van der Waals surface area contributed by atoms with Gasteiger partial charge in [-0.3, -0.25) is 29.0 Å². The summed E-state index contributed by atoms with van der Waals surface area (Å²) in [6.07, 6.45) is 21.7. The lowest BCUT2D eigenvalue weighted by atomic mass is 10.1. The second kappa shape index (κ2) is 30.8. The zero-order chi connectivity index (χ0) is 32.7. The van der Waals surface area contributed by atoms with E-state index in [9.17, 15) is 29.4 Å². The molecule has 0 aromatic carbocycles. The first-order chi connectivity index (χ1) is 21.3. The Balaban J connectivity index is 4.23. The van der Waals surface area contributed by atoms with Crippen LogP contribution in [0.4, 0.5) is 0 Å². The molecule has 0 saturated heterocycles. The Hall–Kier alpha value is -2.20. The Labute approximate surface area is 267 Å². The van der Waals surface area contributed by atoms with Gasteiger partial charge in [0.1, 0.15) is 13.2 Å². The number of nitrogens with zero attached hydrogens (tertiary/aromatic N) is 2. The number of ether oxygens (including phenoxy) is 2. The highest BCUT2D eigenvalue weighted by Gasteiger charge is 2.16. The van der Waals surface area contributed by atoms with Gasteiger partial charge in [-0.2, -0.15) is 0 Å². The number of carboxylic acid groups (broad SMARTS) is 2. The highest BCUT2D eigenvalue weighted by Crippen LogP contribution is 2.12. The summed E-state index contributed by atoms with van der Waals surface area (Å²) in [4.78, 5) is 50.2. The maximum atomic E-state index is 12.1. The van der Waals surface area contributed by atoms with Crippen LogP contribution in [0.2, 0.25) is 0 Å². The van der Waals surface area contributed by atoms with Crippen LogP contribution in [-0.4, -0.2) is 96.4 Å². The normalized spacial score (nSPS) is 11.3. The number of unbranched alkanes of at least 4 members (excludes halogenated alkanes) is 16. The molecule has 258 valence electrons. The van der Waals surface area contributed by atoms with Gasteiger partial charge < -0.3 is 19.7 Å². The summed E-state index contributed by atoms with van der Waals surface area (Å²) >= 11 is 0. The SMILES string of the molecule is CCCCCCCCCCCC(=O)OCCN(CCN(CCOC(=O)CCCCCCCCCCC)CC(=O)O)CC(=O)O. The quantitative estimate of drug-likeness (QED) is 0.0598. The van der Waals surface area contributed by atoms with E-state index in [1.165, 1.54) is 77.0 Å². The highest BCUT2D eigenvalue weighted by atomic mass is 16.5. The minimum absolute atomic E-state index is 0.0823. The van der Waals surface area contributed by atoms with Crippen LogP contribution in [0.1, 0.15) is 142 Å². The van der Waals surface area contributed by atoms with Crippen LogP contribution in [0.15, 0.2) is 0 Å². The number of carbonyl (C=O) groups excluding carboxylic acids is 2. The third-order valence-electron chi connectivity index (χ3n) is 7.76. The van der Waals surface area contributed by atoms with Crippen molar-refractivity contribution in [1.82, 2.24) is 9.80 Å². The summed E-state index contributed by atoms with van der Waals surface area (Å²) < 4.78 is 10.6. The summed E-state index contributed by atoms with van der Waals surface area (Å²) in [6.45, 7) is 5.13. The first-order valence-corrected chi connectivity index (χ1v) is 17.5. The van der Waals surface area contributed by atoms with Gasteiger partial charge in [0.25, 0.3) is 0 Å². The van der Waals surface area contributed by atoms with E-state index in [1.54, 1.807) is 9.80 Å². The Morgan fingerprint density at radius 3 is 1.05 bits per heavy atom. The Kier molecular flexibility index (Phi) is 29.3. The summed E-state index contributed by atoms with van der Waals surface area (Å²) in [5, 5.41) is 18.6. The minimum atomic E-state index is -1.01. The smallest absolute Gasteiger partial charge is 0.317 e. The lowest BCUT2D eigenvalue weighted by Crippen LogP contribution is -2.42. The van der Waals surface area contributed by atoms with Crippen molar-refractivity contribution in [2.24, 2.45) is 0 Å². The third-order valence-corrected chi connectivity index (χ3v) is 7.76. The number of carbonyl (C=O) groups is 4.